The van der Waals surface area contributed by atoms with Crippen molar-refractivity contribution < 1.29 is 14.1 Å². The van der Waals surface area contributed by atoms with Crippen molar-refractivity contribution in [3.8, 4) is 11.4 Å². The van der Waals surface area contributed by atoms with Gasteiger partial charge in [0.05, 0.1) is 6.54 Å². The number of nitrogens with zero attached hydrogens (tertiary/aromatic N) is 6. The lowest BCUT2D eigenvalue weighted by Gasteiger charge is -2.41. The van der Waals surface area contributed by atoms with Gasteiger partial charge in [-0.3, -0.25) is 19.6 Å². The first-order valence-electron chi connectivity index (χ1n) is 10.7. The summed E-state index contributed by atoms with van der Waals surface area (Å²) < 4.78 is 5.43. The maximum absolute atomic E-state index is 13.1. The van der Waals surface area contributed by atoms with Gasteiger partial charge in [0.1, 0.15) is 5.54 Å². The third kappa shape index (κ3) is 3.54. The number of likely N-dealkylation sites (N-methyl/N-ethyl adjacent to an activating group) is 1. The number of hydrogen-bond acceptors (Lipinski definition) is 7. The Morgan fingerprint density at radius 3 is 2.44 bits per heavy atom. The number of amides is 3. The number of piperidine rings is 1. The number of pyridine rings is 1. The van der Waals surface area contributed by atoms with E-state index < -0.39 is 5.54 Å². The Hall–Kier alpha value is -3.59. The van der Waals surface area contributed by atoms with Crippen LogP contribution in [0.1, 0.15) is 24.3 Å². The average Bonchev–Trinajstić information content (AvgIpc) is 3.37. The van der Waals surface area contributed by atoms with E-state index in [0.717, 1.165) is 11.1 Å². The first-order valence-corrected chi connectivity index (χ1v) is 10.7. The minimum absolute atomic E-state index is 0.115. The van der Waals surface area contributed by atoms with E-state index in [2.05, 4.69) is 20.0 Å². The molecule has 1 spiro atoms. The van der Waals surface area contributed by atoms with Gasteiger partial charge >= 0.3 is 6.03 Å². The highest BCUT2D eigenvalue weighted by Gasteiger charge is 2.56. The summed E-state index contributed by atoms with van der Waals surface area (Å²) in [6.45, 7) is 2.25. The van der Waals surface area contributed by atoms with Crippen molar-refractivity contribution >= 4 is 11.9 Å². The zero-order chi connectivity index (χ0) is 22.1. The number of urea groups is 1. The van der Waals surface area contributed by atoms with E-state index in [1.165, 1.54) is 4.90 Å². The fourth-order valence-corrected chi connectivity index (χ4v) is 4.56. The van der Waals surface area contributed by atoms with Crippen molar-refractivity contribution in [2.75, 3.05) is 20.1 Å². The summed E-state index contributed by atoms with van der Waals surface area (Å²) >= 11 is 0. The van der Waals surface area contributed by atoms with Crippen LogP contribution in [0.2, 0.25) is 0 Å². The molecular weight excluding hydrogens is 408 g/mol. The van der Waals surface area contributed by atoms with Crippen molar-refractivity contribution in [2.24, 2.45) is 0 Å². The molecule has 3 amide bonds. The van der Waals surface area contributed by atoms with Gasteiger partial charge in [0.2, 0.25) is 11.7 Å². The van der Waals surface area contributed by atoms with Gasteiger partial charge in [-0.05, 0) is 30.5 Å². The van der Waals surface area contributed by atoms with E-state index in [-0.39, 0.29) is 11.9 Å². The van der Waals surface area contributed by atoms with Gasteiger partial charge in [0, 0.05) is 44.6 Å². The van der Waals surface area contributed by atoms with Crippen LogP contribution in [-0.2, 0) is 17.9 Å². The maximum Gasteiger partial charge on any atom is 0.327 e. The summed E-state index contributed by atoms with van der Waals surface area (Å²) in [5, 5.41) is 4.06. The molecule has 2 aromatic heterocycles. The lowest BCUT2D eigenvalue weighted by atomic mass is 9.85. The van der Waals surface area contributed by atoms with Gasteiger partial charge in [0.15, 0.2) is 0 Å². The normalized spacial score (nSPS) is 18.7. The Bertz CT molecular complexity index is 1110. The fourth-order valence-electron chi connectivity index (χ4n) is 4.56. The number of imide groups is 1. The molecule has 3 aromatic rings. The van der Waals surface area contributed by atoms with Crippen LogP contribution in [0.25, 0.3) is 11.4 Å². The highest BCUT2D eigenvalue weighted by Crippen LogP contribution is 2.38. The second kappa shape index (κ2) is 8.16. The van der Waals surface area contributed by atoms with E-state index in [0.29, 0.717) is 50.7 Å². The van der Waals surface area contributed by atoms with Crippen LogP contribution in [0.3, 0.4) is 0 Å². The maximum atomic E-state index is 13.1. The van der Waals surface area contributed by atoms with Gasteiger partial charge < -0.3 is 9.42 Å². The van der Waals surface area contributed by atoms with Gasteiger partial charge in [0.25, 0.3) is 5.91 Å². The highest BCUT2D eigenvalue weighted by molar-refractivity contribution is 6.06. The third-order valence-corrected chi connectivity index (χ3v) is 6.37. The Morgan fingerprint density at radius 2 is 1.72 bits per heavy atom. The predicted octanol–water partition coefficient (Wildman–Crippen LogP) is 2.56. The Balaban J connectivity index is 1.28. The number of benzene rings is 1. The van der Waals surface area contributed by atoms with Gasteiger partial charge in [-0.15, -0.1) is 0 Å². The van der Waals surface area contributed by atoms with E-state index in [1.54, 1.807) is 24.3 Å². The molecule has 0 atom stereocenters. The molecule has 9 heteroatoms. The topological polar surface area (TPSA) is 95.7 Å². The van der Waals surface area contributed by atoms with Gasteiger partial charge in [-0.25, -0.2) is 4.79 Å². The highest BCUT2D eigenvalue weighted by atomic mass is 16.5. The standard InChI is InChI=1S/C23H24N6O3/c1-27-21(30)23(29(22(27)31)15-17-5-3-2-4-6-17)9-13-28(14-10-23)16-19-25-20(26-32-19)18-7-11-24-12-8-18/h2-8,11-12H,9-10,13-16H2,1H3. The summed E-state index contributed by atoms with van der Waals surface area (Å²) in [5.74, 6) is 0.943. The first kappa shape index (κ1) is 20.3. The summed E-state index contributed by atoms with van der Waals surface area (Å²) in [4.78, 5) is 39.7. The third-order valence-electron chi connectivity index (χ3n) is 6.37. The van der Waals surface area contributed by atoms with Crippen LogP contribution in [0.4, 0.5) is 4.79 Å². The van der Waals surface area contributed by atoms with Gasteiger partial charge in [-0.1, -0.05) is 35.5 Å². The van der Waals surface area contributed by atoms with Crippen LogP contribution in [0.5, 0.6) is 0 Å². The molecule has 5 rings (SSSR count). The van der Waals surface area contributed by atoms with Crippen LogP contribution >= 0.6 is 0 Å². The summed E-state index contributed by atoms with van der Waals surface area (Å²) in [6.07, 6.45) is 4.52. The van der Waals surface area contributed by atoms with Crippen LogP contribution < -0.4 is 0 Å². The molecule has 0 radical (unpaired) electrons. The molecule has 4 heterocycles. The summed E-state index contributed by atoms with van der Waals surface area (Å²) in [7, 11) is 1.57. The lowest BCUT2D eigenvalue weighted by molar-refractivity contribution is -0.135. The Kier molecular flexibility index (Phi) is 5.18. The largest absolute Gasteiger partial charge is 0.338 e. The van der Waals surface area contributed by atoms with Gasteiger partial charge in [-0.2, -0.15) is 4.98 Å². The summed E-state index contributed by atoms with van der Waals surface area (Å²) in [6, 6.07) is 13.2. The molecule has 0 unspecified atom stereocenters. The molecule has 2 aliphatic rings. The van der Waals surface area contributed by atoms with Crippen molar-refractivity contribution in [1.29, 1.82) is 0 Å². The molecule has 164 valence electrons. The quantitative estimate of drug-likeness (QED) is 0.572. The molecule has 0 aliphatic carbocycles. The molecule has 1 aromatic carbocycles. The monoisotopic (exact) mass is 432 g/mol. The number of rotatable bonds is 5. The Morgan fingerprint density at radius 1 is 1.00 bits per heavy atom. The van der Waals surface area contributed by atoms with Crippen molar-refractivity contribution in [1.82, 2.24) is 29.8 Å². The van der Waals surface area contributed by atoms with Crippen molar-refractivity contribution in [3.05, 3.63) is 66.3 Å². The van der Waals surface area contributed by atoms with Crippen LogP contribution in [0, 0.1) is 0 Å². The number of hydrogen-bond donors (Lipinski definition) is 0. The molecule has 2 saturated heterocycles. The molecule has 0 bridgehead atoms. The zero-order valence-electron chi connectivity index (χ0n) is 17.8. The SMILES string of the molecule is CN1C(=O)N(Cc2ccccc2)C2(CCN(Cc3nc(-c4ccncc4)no3)CC2)C1=O. The van der Waals surface area contributed by atoms with E-state index in [9.17, 15) is 9.59 Å². The number of likely N-dealkylation sites (tertiary alicyclic amines) is 1. The molecule has 2 fully saturated rings. The number of carbonyl (C=O) groups is 2. The predicted molar refractivity (Wildman–Crippen MR) is 115 cm³/mol. The first-order chi connectivity index (χ1) is 15.6. The fraction of sp³-hybridized carbons (Fsp3) is 0.348. The molecule has 32 heavy (non-hydrogen) atoms. The lowest BCUT2D eigenvalue weighted by Crippen LogP contribution is -2.56. The smallest absolute Gasteiger partial charge is 0.327 e. The molecule has 0 N–H and O–H groups in total. The molecular formula is C23H24N6O3. The van der Waals surface area contributed by atoms with Crippen molar-refractivity contribution in [2.45, 2.75) is 31.5 Å². The van der Waals surface area contributed by atoms with Crippen molar-refractivity contribution in [3.63, 3.8) is 0 Å². The minimum Gasteiger partial charge on any atom is -0.338 e. The van der Waals surface area contributed by atoms with E-state index in [4.69, 9.17) is 4.52 Å². The second-order valence-electron chi connectivity index (χ2n) is 8.27. The van der Waals surface area contributed by atoms with E-state index in [1.807, 2.05) is 42.5 Å². The summed E-state index contributed by atoms with van der Waals surface area (Å²) in [5.41, 5.74) is 1.07. The van der Waals surface area contributed by atoms with E-state index >= 15 is 0 Å². The Labute approximate surface area is 185 Å². The number of aromatic nitrogens is 3. The average molecular weight is 432 g/mol. The van der Waals surface area contributed by atoms with Crippen LogP contribution in [0.15, 0.2) is 59.4 Å². The number of carbonyl (C=O) groups excluding carboxylic acids is 2. The minimum atomic E-state index is -0.796. The molecule has 2 aliphatic heterocycles. The van der Waals surface area contributed by atoms with Crippen LogP contribution in [-0.4, -0.2) is 67.4 Å². The second-order valence-corrected chi connectivity index (χ2v) is 8.27. The zero-order valence-corrected chi connectivity index (χ0v) is 17.8. The molecule has 0 saturated carbocycles. The molecule has 9 nitrogen and oxygen atoms in total.